The number of carbonyl (C=O) groups is 2. The van der Waals surface area contributed by atoms with Gasteiger partial charge in [0.25, 0.3) is 0 Å². The number of benzene rings is 2. The number of carboxylic acids is 1. The van der Waals surface area contributed by atoms with Gasteiger partial charge in [-0.15, -0.1) is 5.10 Å². The number of halogens is 2. The van der Waals surface area contributed by atoms with Crippen molar-refractivity contribution in [1.29, 1.82) is 0 Å². The molecule has 3 aromatic rings. The summed E-state index contributed by atoms with van der Waals surface area (Å²) in [7, 11) is 0. The Morgan fingerprint density at radius 3 is 2.42 bits per heavy atom. The van der Waals surface area contributed by atoms with Gasteiger partial charge < -0.3 is 20.2 Å². The Kier molecular flexibility index (Phi) is 6.62. The lowest BCUT2D eigenvalue weighted by molar-refractivity contribution is -0.138. The molecule has 1 saturated carbocycles. The number of nitrogens with one attached hydrogen (secondary N) is 2. The molecule has 4 rings (SSSR count). The first-order chi connectivity index (χ1) is 15.9. The van der Waals surface area contributed by atoms with E-state index in [0.717, 1.165) is 37.3 Å². The van der Waals surface area contributed by atoms with Crippen LogP contribution < -0.4 is 10.6 Å². The molecule has 0 bridgehead atoms. The lowest BCUT2D eigenvalue weighted by Crippen LogP contribution is -2.16. The van der Waals surface area contributed by atoms with Gasteiger partial charge in [-0.2, -0.15) is 0 Å². The number of amides is 1. The summed E-state index contributed by atoms with van der Waals surface area (Å²) in [4.78, 5) is 23.3. The van der Waals surface area contributed by atoms with Crippen molar-refractivity contribution in [3.8, 4) is 0 Å². The van der Waals surface area contributed by atoms with Gasteiger partial charge >= 0.3 is 23.8 Å². The summed E-state index contributed by atoms with van der Waals surface area (Å²) in [6, 6.07) is 10.2. The summed E-state index contributed by atoms with van der Waals surface area (Å²) >= 11 is 0. The Balaban J connectivity index is 1.32. The van der Waals surface area contributed by atoms with Crippen LogP contribution in [0.3, 0.4) is 0 Å². The van der Waals surface area contributed by atoms with Gasteiger partial charge in [0.1, 0.15) is 11.6 Å². The maximum Gasteiger partial charge on any atom is 0.320 e. The molecule has 0 unspecified atom stereocenters. The van der Waals surface area contributed by atoms with Crippen molar-refractivity contribution in [3.05, 3.63) is 65.6 Å². The first kappa shape index (κ1) is 22.4. The normalized spacial score (nSPS) is 18.0. The predicted octanol–water partition coefficient (Wildman–Crippen LogP) is 5.09. The monoisotopic (exact) mass is 456 g/mol. The highest BCUT2D eigenvalue weighted by atomic mass is 19.1. The van der Waals surface area contributed by atoms with Crippen molar-refractivity contribution in [2.75, 3.05) is 10.6 Å². The molecular formula is C23H22F2N4O4. The average molecular weight is 456 g/mol. The lowest BCUT2D eigenvalue weighted by Gasteiger charge is -2.28. The third kappa shape index (κ3) is 5.71. The maximum atomic E-state index is 13.7. The molecule has 1 fully saturated rings. The van der Waals surface area contributed by atoms with Crippen molar-refractivity contribution in [1.82, 2.24) is 10.2 Å². The number of anilines is 3. The largest absolute Gasteiger partial charge is 0.481 e. The molecule has 2 aromatic carbocycles. The fourth-order valence-corrected chi connectivity index (χ4v) is 4.04. The summed E-state index contributed by atoms with van der Waals surface area (Å²) in [5.74, 6) is -2.64. The highest BCUT2D eigenvalue weighted by Gasteiger charge is 2.24. The summed E-state index contributed by atoms with van der Waals surface area (Å²) in [5.41, 5.74) is 1.62. The lowest BCUT2D eigenvalue weighted by atomic mass is 9.77. The van der Waals surface area contributed by atoms with E-state index in [0.29, 0.717) is 17.7 Å². The number of carboxylic acid groups (broad SMARTS) is 1. The Morgan fingerprint density at radius 2 is 1.76 bits per heavy atom. The van der Waals surface area contributed by atoms with E-state index in [9.17, 15) is 18.4 Å². The van der Waals surface area contributed by atoms with Crippen molar-refractivity contribution in [2.24, 2.45) is 5.92 Å². The second-order valence-electron chi connectivity index (χ2n) is 8.05. The highest BCUT2D eigenvalue weighted by molar-refractivity contribution is 6.00. The van der Waals surface area contributed by atoms with Crippen molar-refractivity contribution in [3.63, 3.8) is 0 Å². The molecule has 0 saturated heterocycles. The van der Waals surface area contributed by atoms with Crippen LogP contribution >= 0.6 is 0 Å². The number of carbonyl (C=O) groups excluding carboxylic acids is 1. The number of aliphatic carboxylic acids is 1. The SMILES string of the molecule is O=C(O)C[C@H]1CC[C@H](c2ccc(NC(=O)c3nnc(Nc4ccc(F)cc4F)o3)cc2)CC1. The van der Waals surface area contributed by atoms with E-state index in [2.05, 4.69) is 20.8 Å². The average Bonchev–Trinajstić information content (AvgIpc) is 3.25. The highest BCUT2D eigenvalue weighted by Crippen LogP contribution is 2.37. The standard InChI is InChI=1S/C23H22F2N4O4/c24-16-7-10-19(18(25)12-16)27-23-29-28-22(33-23)21(32)26-17-8-5-15(6-9-17)14-3-1-13(2-4-14)11-20(30)31/h5-10,12-14H,1-4,11H2,(H,26,32)(H,27,29)(H,30,31)/t13-,14-. The van der Waals surface area contributed by atoms with Crippen LogP contribution in [0.4, 0.5) is 26.2 Å². The Labute approximate surface area is 188 Å². The molecule has 1 aromatic heterocycles. The van der Waals surface area contributed by atoms with Gasteiger partial charge in [-0.05, 0) is 67.3 Å². The smallest absolute Gasteiger partial charge is 0.320 e. The molecule has 1 amide bonds. The minimum atomic E-state index is -0.838. The fraction of sp³-hybridized carbons (Fsp3) is 0.304. The molecule has 172 valence electrons. The fourth-order valence-electron chi connectivity index (χ4n) is 4.04. The van der Waals surface area contributed by atoms with Gasteiger partial charge in [0.2, 0.25) is 0 Å². The number of rotatable bonds is 7. The number of hydrogen-bond donors (Lipinski definition) is 3. The Hall–Kier alpha value is -3.82. The van der Waals surface area contributed by atoms with Crippen LogP contribution in [-0.2, 0) is 4.79 Å². The molecule has 33 heavy (non-hydrogen) atoms. The van der Waals surface area contributed by atoms with Gasteiger partial charge in [-0.25, -0.2) is 8.78 Å². The van der Waals surface area contributed by atoms with Gasteiger partial charge in [0, 0.05) is 18.2 Å². The first-order valence-electron chi connectivity index (χ1n) is 10.6. The molecule has 8 nitrogen and oxygen atoms in total. The van der Waals surface area contributed by atoms with Crippen LogP contribution in [0.15, 0.2) is 46.9 Å². The molecule has 0 spiro atoms. The summed E-state index contributed by atoms with van der Waals surface area (Å²) in [5, 5.41) is 21.4. The zero-order valence-electron chi connectivity index (χ0n) is 17.6. The van der Waals surface area contributed by atoms with Crippen LogP contribution in [0.25, 0.3) is 0 Å². The molecule has 1 aliphatic rings. The van der Waals surface area contributed by atoms with Crippen molar-refractivity contribution >= 4 is 29.3 Å². The maximum absolute atomic E-state index is 13.7. The molecule has 0 radical (unpaired) electrons. The van der Waals surface area contributed by atoms with Crippen LogP contribution in [0.2, 0.25) is 0 Å². The minimum absolute atomic E-state index is 0.0698. The van der Waals surface area contributed by atoms with Gasteiger partial charge in [-0.1, -0.05) is 17.2 Å². The number of nitrogens with zero attached hydrogens (tertiary/aromatic N) is 2. The van der Waals surface area contributed by atoms with Crippen LogP contribution in [0, 0.1) is 17.6 Å². The number of hydrogen-bond acceptors (Lipinski definition) is 6. The molecule has 10 heteroatoms. The molecule has 1 heterocycles. The Bertz CT molecular complexity index is 1140. The molecule has 0 atom stereocenters. The minimum Gasteiger partial charge on any atom is -0.481 e. The predicted molar refractivity (Wildman–Crippen MR) is 115 cm³/mol. The van der Waals surface area contributed by atoms with Crippen LogP contribution in [0.1, 0.15) is 54.3 Å². The van der Waals surface area contributed by atoms with E-state index in [1.807, 2.05) is 12.1 Å². The van der Waals surface area contributed by atoms with E-state index in [1.54, 1.807) is 12.1 Å². The van der Waals surface area contributed by atoms with E-state index in [4.69, 9.17) is 9.52 Å². The van der Waals surface area contributed by atoms with Crippen LogP contribution in [-0.4, -0.2) is 27.2 Å². The van der Waals surface area contributed by atoms with Crippen LogP contribution in [0.5, 0.6) is 0 Å². The third-order valence-electron chi connectivity index (χ3n) is 5.74. The Morgan fingerprint density at radius 1 is 1.03 bits per heavy atom. The quantitative estimate of drug-likeness (QED) is 0.453. The first-order valence-corrected chi connectivity index (χ1v) is 10.6. The summed E-state index contributed by atoms with van der Waals surface area (Å²) in [6.07, 6.45) is 3.89. The molecule has 3 N–H and O–H groups in total. The van der Waals surface area contributed by atoms with Gasteiger partial charge in [0.15, 0.2) is 0 Å². The summed E-state index contributed by atoms with van der Waals surface area (Å²) < 4.78 is 31.9. The van der Waals surface area contributed by atoms with E-state index < -0.39 is 23.5 Å². The molecule has 1 aliphatic carbocycles. The molecule has 0 aliphatic heterocycles. The molecular weight excluding hydrogens is 434 g/mol. The topological polar surface area (TPSA) is 117 Å². The summed E-state index contributed by atoms with van der Waals surface area (Å²) in [6.45, 7) is 0. The van der Waals surface area contributed by atoms with E-state index in [-0.39, 0.29) is 29.9 Å². The zero-order chi connectivity index (χ0) is 23.4. The van der Waals surface area contributed by atoms with Crippen molar-refractivity contribution < 1.29 is 27.9 Å². The third-order valence-corrected chi connectivity index (χ3v) is 5.74. The van der Waals surface area contributed by atoms with E-state index >= 15 is 0 Å². The van der Waals surface area contributed by atoms with Gasteiger partial charge in [-0.3, -0.25) is 9.59 Å². The second-order valence-corrected chi connectivity index (χ2v) is 8.05. The second kappa shape index (κ2) is 9.76. The zero-order valence-corrected chi connectivity index (χ0v) is 17.6. The van der Waals surface area contributed by atoms with Crippen molar-refractivity contribution in [2.45, 2.75) is 38.0 Å². The van der Waals surface area contributed by atoms with Gasteiger partial charge in [0.05, 0.1) is 5.69 Å². The van der Waals surface area contributed by atoms with E-state index in [1.165, 1.54) is 6.07 Å². The number of aromatic nitrogens is 2.